The van der Waals surface area contributed by atoms with Crippen molar-refractivity contribution in [2.75, 3.05) is 6.61 Å². The summed E-state index contributed by atoms with van der Waals surface area (Å²) in [5, 5.41) is 0.706. The van der Waals surface area contributed by atoms with Crippen molar-refractivity contribution in [1.29, 1.82) is 0 Å². The molecular formula is C23H14BrClO4. The molecule has 0 aliphatic heterocycles. The summed E-state index contributed by atoms with van der Waals surface area (Å²) in [6, 6.07) is 20.9. The number of hydrogen-bond donors (Lipinski definition) is 0. The Morgan fingerprint density at radius 3 is 2.45 bits per heavy atom. The van der Waals surface area contributed by atoms with E-state index in [2.05, 4.69) is 15.9 Å². The zero-order chi connectivity index (χ0) is 20.4. The number of halogens is 2. The van der Waals surface area contributed by atoms with Crippen LogP contribution in [0.3, 0.4) is 0 Å². The maximum absolute atomic E-state index is 13.1. The summed E-state index contributed by atoms with van der Waals surface area (Å²) < 4.78 is 12.5. The summed E-state index contributed by atoms with van der Waals surface area (Å²) in [6.07, 6.45) is 0. The predicted molar refractivity (Wildman–Crippen MR) is 117 cm³/mol. The van der Waals surface area contributed by atoms with Crippen LogP contribution >= 0.6 is 27.5 Å². The molecule has 4 rings (SSSR count). The van der Waals surface area contributed by atoms with Crippen LogP contribution in [0, 0.1) is 0 Å². The average molecular weight is 470 g/mol. The number of hydrogen-bond acceptors (Lipinski definition) is 4. The molecular weight excluding hydrogens is 456 g/mol. The van der Waals surface area contributed by atoms with E-state index in [0.29, 0.717) is 27.1 Å². The summed E-state index contributed by atoms with van der Waals surface area (Å²) in [6.45, 7) is -0.293. The van der Waals surface area contributed by atoms with Crippen molar-refractivity contribution >= 4 is 44.3 Å². The van der Waals surface area contributed by atoms with Crippen LogP contribution < -0.4 is 10.2 Å². The highest BCUT2D eigenvalue weighted by Gasteiger charge is 2.19. The normalized spacial score (nSPS) is 10.8. The van der Waals surface area contributed by atoms with Gasteiger partial charge in [0.05, 0.1) is 5.39 Å². The van der Waals surface area contributed by atoms with Crippen LogP contribution in [0.2, 0.25) is 5.02 Å². The van der Waals surface area contributed by atoms with Gasteiger partial charge in [0.15, 0.2) is 18.2 Å². The van der Waals surface area contributed by atoms with Gasteiger partial charge in [0.1, 0.15) is 5.58 Å². The molecule has 0 fully saturated rings. The third kappa shape index (κ3) is 4.11. The molecule has 3 aromatic carbocycles. The van der Waals surface area contributed by atoms with Crippen molar-refractivity contribution in [2.45, 2.75) is 0 Å². The standard InChI is InChI=1S/C23H14BrClO4/c24-16-8-6-14(7-9-16)19(26)13-28-23-21(27)18-12-17(25)10-11-20(18)29-22(23)15-4-2-1-3-5-15/h1-12H,13H2. The van der Waals surface area contributed by atoms with Crippen molar-refractivity contribution in [3.05, 3.63) is 98.1 Å². The van der Waals surface area contributed by atoms with Crippen molar-refractivity contribution in [3.63, 3.8) is 0 Å². The summed E-state index contributed by atoms with van der Waals surface area (Å²) in [4.78, 5) is 25.6. The fraction of sp³-hybridized carbons (Fsp3) is 0.0435. The van der Waals surface area contributed by atoms with Gasteiger partial charge in [-0.1, -0.05) is 70.0 Å². The lowest BCUT2D eigenvalue weighted by atomic mass is 10.1. The van der Waals surface area contributed by atoms with Gasteiger partial charge in [-0.2, -0.15) is 0 Å². The third-order valence-corrected chi connectivity index (χ3v) is 5.12. The first-order valence-corrected chi connectivity index (χ1v) is 9.93. The van der Waals surface area contributed by atoms with E-state index in [9.17, 15) is 9.59 Å². The summed E-state index contributed by atoms with van der Waals surface area (Å²) in [7, 11) is 0. The molecule has 144 valence electrons. The largest absolute Gasteiger partial charge is 0.478 e. The fourth-order valence-electron chi connectivity index (χ4n) is 2.92. The molecule has 0 bridgehead atoms. The van der Waals surface area contributed by atoms with Gasteiger partial charge in [0, 0.05) is 20.6 Å². The Balaban J connectivity index is 1.77. The molecule has 0 N–H and O–H groups in total. The molecule has 4 nitrogen and oxygen atoms in total. The lowest BCUT2D eigenvalue weighted by Crippen LogP contribution is -2.17. The summed E-state index contributed by atoms with van der Waals surface area (Å²) in [5.74, 6) is 0.00700. The van der Waals surface area contributed by atoms with Crippen LogP contribution in [0.1, 0.15) is 10.4 Å². The minimum Gasteiger partial charge on any atom is -0.478 e. The minimum absolute atomic E-state index is 0.0172. The van der Waals surface area contributed by atoms with Crippen molar-refractivity contribution < 1.29 is 13.9 Å². The Bertz CT molecular complexity index is 1250. The molecule has 0 aliphatic rings. The van der Waals surface area contributed by atoms with Gasteiger partial charge in [-0.25, -0.2) is 0 Å². The number of carbonyl (C=O) groups is 1. The Morgan fingerprint density at radius 1 is 1.00 bits per heavy atom. The zero-order valence-electron chi connectivity index (χ0n) is 15.0. The molecule has 1 aromatic heterocycles. The fourth-order valence-corrected chi connectivity index (χ4v) is 3.35. The maximum Gasteiger partial charge on any atom is 0.235 e. The maximum atomic E-state index is 13.1. The second kappa shape index (κ2) is 8.23. The van der Waals surface area contributed by atoms with Crippen molar-refractivity contribution in [1.82, 2.24) is 0 Å². The predicted octanol–water partition coefficient (Wildman–Crippen LogP) is 6.14. The highest BCUT2D eigenvalue weighted by atomic mass is 79.9. The topological polar surface area (TPSA) is 56.5 Å². The Hall–Kier alpha value is -2.89. The molecule has 1 heterocycles. The number of rotatable bonds is 5. The number of ketones is 1. The summed E-state index contributed by atoms with van der Waals surface area (Å²) >= 11 is 9.38. The Labute approximate surface area is 179 Å². The second-order valence-corrected chi connectivity index (χ2v) is 7.67. The Kier molecular flexibility index (Phi) is 5.51. The van der Waals surface area contributed by atoms with Gasteiger partial charge in [-0.3, -0.25) is 9.59 Å². The molecule has 29 heavy (non-hydrogen) atoms. The molecule has 0 saturated heterocycles. The van der Waals surface area contributed by atoms with E-state index in [0.717, 1.165) is 4.47 Å². The molecule has 4 aromatic rings. The zero-order valence-corrected chi connectivity index (χ0v) is 17.4. The van der Waals surface area contributed by atoms with E-state index < -0.39 is 0 Å². The molecule has 0 amide bonds. The number of carbonyl (C=O) groups excluding carboxylic acids is 1. The van der Waals surface area contributed by atoms with E-state index in [4.69, 9.17) is 20.8 Å². The number of fused-ring (bicyclic) bond motifs is 1. The Morgan fingerprint density at radius 2 is 1.72 bits per heavy atom. The van der Waals surface area contributed by atoms with Gasteiger partial charge in [0.2, 0.25) is 11.2 Å². The average Bonchev–Trinajstić information content (AvgIpc) is 2.74. The first kappa shape index (κ1) is 19.4. The molecule has 0 spiro atoms. The van der Waals surface area contributed by atoms with E-state index in [1.54, 1.807) is 36.4 Å². The number of Topliss-reactive ketones (excluding diaryl/α,β-unsaturated/α-hetero) is 1. The second-order valence-electron chi connectivity index (χ2n) is 6.31. The van der Waals surface area contributed by atoms with Crippen molar-refractivity contribution in [2.24, 2.45) is 0 Å². The van der Waals surface area contributed by atoms with Gasteiger partial charge in [-0.15, -0.1) is 0 Å². The first-order valence-electron chi connectivity index (χ1n) is 8.76. The van der Waals surface area contributed by atoms with Gasteiger partial charge in [-0.05, 0) is 30.3 Å². The van der Waals surface area contributed by atoms with Gasteiger partial charge >= 0.3 is 0 Å². The quantitative estimate of drug-likeness (QED) is 0.330. The van der Waals surface area contributed by atoms with Crippen molar-refractivity contribution in [3.8, 4) is 17.1 Å². The van der Waals surface area contributed by atoms with Crippen LogP contribution in [0.5, 0.6) is 5.75 Å². The summed E-state index contributed by atoms with van der Waals surface area (Å²) in [5.41, 5.74) is 1.18. The third-order valence-electron chi connectivity index (χ3n) is 4.36. The lowest BCUT2D eigenvalue weighted by Gasteiger charge is -2.11. The van der Waals surface area contributed by atoms with E-state index in [-0.39, 0.29) is 29.3 Å². The van der Waals surface area contributed by atoms with Gasteiger partial charge in [0.25, 0.3) is 0 Å². The van der Waals surface area contributed by atoms with E-state index in [1.807, 2.05) is 30.3 Å². The molecule has 0 unspecified atom stereocenters. The van der Waals surface area contributed by atoms with Crippen LogP contribution in [-0.4, -0.2) is 12.4 Å². The highest BCUT2D eigenvalue weighted by molar-refractivity contribution is 9.10. The SMILES string of the molecule is O=C(COc1c(-c2ccccc2)oc2ccc(Cl)cc2c1=O)c1ccc(Br)cc1. The molecule has 0 atom stereocenters. The van der Waals surface area contributed by atoms with Crippen LogP contribution in [0.15, 0.2) is 86.5 Å². The number of benzene rings is 3. The van der Waals surface area contributed by atoms with Gasteiger partial charge < -0.3 is 9.15 Å². The molecule has 0 saturated carbocycles. The number of ether oxygens (including phenoxy) is 1. The molecule has 6 heteroatoms. The first-order chi connectivity index (χ1) is 14.0. The molecule has 0 aliphatic carbocycles. The minimum atomic E-state index is -0.379. The lowest BCUT2D eigenvalue weighted by molar-refractivity contribution is 0.0920. The highest BCUT2D eigenvalue weighted by Crippen LogP contribution is 2.31. The van der Waals surface area contributed by atoms with E-state index >= 15 is 0 Å². The van der Waals surface area contributed by atoms with Crippen LogP contribution in [0.4, 0.5) is 0 Å². The van der Waals surface area contributed by atoms with Crippen LogP contribution in [0.25, 0.3) is 22.3 Å². The van der Waals surface area contributed by atoms with E-state index in [1.165, 1.54) is 6.07 Å². The molecule has 0 radical (unpaired) electrons. The monoisotopic (exact) mass is 468 g/mol. The smallest absolute Gasteiger partial charge is 0.235 e. The van der Waals surface area contributed by atoms with Crippen LogP contribution in [-0.2, 0) is 0 Å².